The molecule has 1 unspecified atom stereocenters. The van der Waals surface area contributed by atoms with E-state index in [0.717, 1.165) is 39.1 Å². The molecule has 3 heteroatoms. The first-order valence-electron chi connectivity index (χ1n) is 4.50. The van der Waals surface area contributed by atoms with Gasteiger partial charge in [0.05, 0.1) is 18.8 Å². The first kappa shape index (κ1) is 9.50. The van der Waals surface area contributed by atoms with Crippen LogP contribution < -0.4 is 0 Å². The highest BCUT2D eigenvalue weighted by molar-refractivity contribution is 4.68. The maximum atomic E-state index is 8.27. The SMILES string of the molecule is N#CCCCCOC1CCOC1. The first-order valence-corrected chi connectivity index (χ1v) is 4.50. The van der Waals surface area contributed by atoms with Crippen LogP contribution in [-0.2, 0) is 9.47 Å². The van der Waals surface area contributed by atoms with E-state index in [1.54, 1.807) is 0 Å². The minimum absolute atomic E-state index is 0.312. The third-order valence-electron chi connectivity index (χ3n) is 1.92. The van der Waals surface area contributed by atoms with Crippen molar-refractivity contribution in [3.8, 4) is 6.07 Å². The summed E-state index contributed by atoms with van der Waals surface area (Å²) in [5.74, 6) is 0. The van der Waals surface area contributed by atoms with Gasteiger partial charge in [0.25, 0.3) is 0 Å². The molecule has 0 amide bonds. The number of unbranched alkanes of at least 4 members (excludes halogenated alkanes) is 2. The van der Waals surface area contributed by atoms with Gasteiger partial charge in [0.15, 0.2) is 0 Å². The summed E-state index contributed by atoms with van der Waals surface area (Å²) in [7, 11) is 0. The Morgan fingerprint density at radius 3 is 3.08 bits per heavy atom. The highest BCUT2D eigenvalue weighted by Gasteiger charge is 2.14. The molecule has 12 heavy (non-hydrogen) atoms. The second-order valence-electron chi connectivity index (χ2n) is 2.97. The molecule has 0 spiro atoms. The molecule has 3 nitrogen and oxygen atoms in total. The largest absolute Gasteiger partial charge is 0.379 e. The van der Waals surface area contributed by atoms with E-state index < -0.39 is 0 Å². The van der Waals surface area contributed by atoms with Crippen molar-refractivity contribution in [3.63, 3.8) is 0 Å². The van der Waals surface area contributed by atoms with Crippen molar-refractivity contribution < 1.29 is 9.47 Å². The normalized spacial score (nSPS) is 22.4. The quantitative estimate of drug-likeness (QED) is 0.585. The van der Waals surface area contributed by atoms with E-state index >= 15 is 0 Å². The number of hydrogen-bond donors (Lipinski definition) is 0. The summed E-state index contributed by atoms with van der Waals surface area (Å²) >= 11 is 0. The van der Waals surface area contributed by atoms with Crippen LogP contribution in [0.5, 0.6) is 0 Å². The molecule has 0 saturated carbocycles. The fourth-order valence-corrected chi connectivity index (χ4v) is 1.20. The Hall–Kier alpha value is -0.590. The van der Waals surface area contributed by atoms with Crippen molar-refractivity contribution in [2.75, 3.05) is 19.8 Å². The predicted octanol–water partition coefficient (Wildman–Crippen LogP) is 1.49. The van der Waals surface area contributed by atoms with E-state index in [0.29, 0.717) is 12.5 Å². The lowest BCUT2D eigenvalue weighted by molar-refractivity contribution is 0.0409. The van der Waals surface area contributed by atoms with Gasteiger partial charge in [0.1, 0.15) is 0 Å². The van der Waals surface area contributed by atoms with E-state index in [4.69, 9.17) is 14.7 Å². The summed E-state index contributed by atoms with van der Waals surface area (Å²) in [6.45, 7) is 2.36. The second-order valence-corrected chi connectivity index (χ2v) is 2.97. The zero-order chi connectivity index (χ0) is 8.65. The fraction of sp³-hybridized carbons (Fsp3) is 0.889. The Balaban J connectivity index is 1.85. The Bertz CT molecular complexity index is 147. The fourth-order valence-electron chi connectivity index (χ4n) is 1.20. The number of ether oxygens (including phenoxy) is 2. The molecule has 0 N–H and O–H groups in total. The van der Waals surface area contributed by atoms with Crippen molar-refractivity contribution in [1.29, 1.82) is 5.26 Å². The molecule has 1 atom stereocenters. The molecule has 0 radical (unpaired) electrons. The second kappa shape index (κ2) is 5.99. The highest BCUT2D eigenvalue weighted by Crippen LogP contribution is 2.08. The Kier molecular flexibility index (Phi) is 4.74. The van der Waals surface area contributed by atoms with Crippen LogP contribution in [0.1, 0.15) is 25.7 Å². The van der Waals surface area contributed by atoms with Gasteiger partial charge in [-0.15, -0.1) is 0 Å². The molecular formula is C9H15NO2. The maximum absolute atomic E-state index is 8.27. The summed E-state index contributed by atoms with van der Waals surface area (Å²) < 4.78 is 10.7. The van der Waals surface area contributed by atoms with Crippen molar-refractivity contribution >= 4 is 0 Å². The Labute approximate surface area is 73.3 Å². The molecule has 1 saturated heterocycles. The van der Waals surface area contributed by atoms with Crippen molar-refractivity contribution in [2.24, 2.45) is 0 Å². The van der Waals surface area contributed by atoms with Gasteiger partial charge >= 0.3 is 0 Å². The number of hydrogen-bond acceptors (Lipinski definition) is 3. The molecule has 1 aliphatic heterocycles. The summed E-state index contributed by atoms with van der Waals surface area (Å²) in [6, 6.07) is 2.12. The summed E-state index contributed by atoms with van der Waals surface area (Å²) in [5.41, 5.74) is 0. The zero-order valence-electron chi connectivity index (χ0n) is 7.29. The maximum Gasteiger partial charge on any atom is 0.0830 e. The minimum Gasteiger partial charge on any atom is -0.379 e. The van der Waals surface area contributed by atoms with Gasteiger partial charge < -0.3 is 9.47 Å². The number of nitriles is 1. The molecule has 0 aromatic carbocycles. The lowest BCUT2D eigenvalue weighted by Crippen LogP contribution is -2.12. The van der Waals surface area contributed by atoms with Crippen LogP contribution in [-0.4, -0.2) is 25.9 Å². The van der Waals surface area contributed by atoms with Crippen LogP contribution in [0.2, 0.25) is 0 Å². The number of rotatable bonds is 5. The van der Waals surface area contributed by atoms with Gasteiger partial charge in [-0.1, -0.05) is 0 Å². The zero-order valence-corrected chi connectivity index (χ0v) is 7.29. The molecule has 1 heterocycles. The van der Waals surface area contributed by atoms with Crippen LogP contribution in [0.25, 0.3) is 0 Å². The van der Waals surface area contributed by atoms with E-state index in [2.05, 4.69) is 6.07 Å². The van der Waals surface area contributed by atoms with Gasteiger partial charge in [-0.05, 0) is 19.3 Å². The average Bonchev–Trinajstić information content (AvgIpc) is 2.57. The van der Waals surface area contributed by atoms with E-state index in [-0.39, 0.29) is 0 Å². The molecule has 1 fully saturated rings. The van der Waals surface area contributed by atoms with Gasteiger partial charge in [-0.3, -0.25) is 0 Å². The average molecular weight is 169 g/mol. The van der Waals surface area contributed by atoms with Gasteiger partial charge in [-0.25, -0.2) is 0 Å². The lowest BCUT2D eigenvalue weighted by Gasteiger charge is -2.08. The van der Waals surface area contributed by atoms with Gasteiger partial charge in [0.2, 0.25) is 0 Å². The summed E-state index contributed by atoms with van der Waals surface area (Å²) in [4.78, 5) is 0. The molecule has 0 bridgehead atoms. The van der Waals surface area contributed by atoms with Gasteiger partial charge in [-0.2, -0.15) is 5.26 Å². The molecule has 0 aliphatic carbocycles. The van der Waals surface area contributed by atoms with Crippen molar-refractivity contribution in [2.45, 2.75) is 31.8 Å². The minimum atomic E-state index is 0.312. The molecule has 68 valence electrons. The van der Waals surface area contributed by atoms with Crippen LogP contribution in [0.4, 0.5) is 0 Å². The third-order valence-corrected chi connectivity index (χ3v) is 1.92. The smallest absolute Gasteiger partial charge is 0.0830 e. The Morgan fingerprint density at radius 1 is 1.50 bits per heavy atom. The van der Waals surface area contributed by atoms with Crippen molar-refractivity contribution in [3.05, 3.63) is 0 Å². The van der Waals surface area contributed by atoms with Crippen molar-refractivity contribution in [1.82, 2.24) is 0 Å². The summed E-state index contributed by atoms with van der Waals surface area (Å²) in [6.07, 6.45) is 3.92. The molecule has 1 rings (SSSR count). The lowest BCUT2D eigenvalue weighted by atomic mass is 10.2. The topological polar surface area (TPSA) is 42.2 Å². The van der Waals surface area contributed by atoms with E-state index in [1.807, 2.05) is 0 Å². The first-order chi connectivity index (χ1) is 5.93. The molecule has 0 aromatic heterocycles. The Morgan fingerprint density at radius 2 is 2.42 bits per heavy atom. The third kappa shape index (κ3) is 3.70. The van der Waals surface area contributed by atoms with Crippen LogP contribution in [0, 0.1) is 11.3 Å². The molecule has 1 aliphatic rings. The molecular weight excluding hydrogens is 154 g/mol. The predicted molar refractivity (Wildman–Crippen MR) is 44.6 cm³/mol. The highest BCUT2D eigenvalue weighted by atomic mass is 16.5. The monoisotopic (exact) mass is 169 g/mol. The standard InChI is InChI=1S/C9H15NO2/c10-5-2-1-3-6-12-9-4-7-11-8-9/h9H,1-4,6-8H2. The molecule has 0 aromatic rings. The summed E-state index contributed by atoms with van der Waals surface area (Å²) in [5, 5.41) is 8.27. The van der Waals surface area contributed by atoms with Crippen LogP contribution in [0.3, 0.4) is 0 Å². The van der Waals surface area contributed by atoms with Crippen LogP contribution in [0.15, 0.2) is 0 Å². The van der Waals surface area contributed by atoms with Gasteiger partial charge in [0, 0.05) is 19.6 Å². The number of nitrogens with zero attached hydrogens (tertiary/aromatic N) is 1. The van der Waals surface area contributed by atoms with E-state index in [9.17, 15) is 0 Å². The van der Waals surface area contributed by atoms with Crippen LogP contribution >= 0.6 is 0 Å². The van der Waals surface area contributed by atoms with E-state index in [1.165, 1.54) is 0 Å².